The van der Waals surface area contributed by atoms with E-state index in [4.69, 9.17) is 4.74 Å². The van der Waals surface area contributed by atoms with Gasteiger partial charge in [-0.2, -0.15) is 0 Å². The van der Waals surface area contributed by atoms with E-state index in [1.54, 1.807) is 36.7 Å². The van der Waals surface area contributed by atoms with Crippen LogP contribution in [0.5, 0.6) is 5.75 Å². The Morgan fingerprint density at radius 3 is 2.47 bits per heavy atom. The van der Waals surface area contributed by atoms with Crippen molar-refractivity contribution in [3.8, 4) is 5.75 Å². The number of nitrogens with one attached hydrogen (secondary N) is 2. The summed E-state index contributed by atoms with van der Waals surface area (Å²) >= 11 is 1.46. The van der Waals surface area contributed by atoms with Gasteiger partial charge in [0.15, 0.2) is 6.61 Å². The van der Waals surface area contributed by atoms with Crippen LogP contribution in [0.15, 0.2) is 84.0 Å². The van der Waals surface area contributed by atoms with Gasteiger partial charge in [-0.25, -0.2) is 0 Å². The average Bonchev–Trinajstić information content (AvgIpc) is 2.77. The third kappa shape index (κ3) is 6.63. The number of anilines is 2. The summed E-state index contributed by atoms with van der Waals surface area (Å²) in [5, 5.41) is 5.48. The van der Waals surface area contributed by atoms with Crippen LogP contribution < -0.4 is 15.4 Å². The number of amides is 2. The molecular formula is C23H23N3O3S. The van der Waals surface area contributed by atoms with Crippen molar-refractivity contribution in [3.05, 3.63) is 79.1 Å². The zero-order valence-corrected chi connectivity index (χ0v) is 17.4. The van der Waals surface area contributed by atoms with Crippen LogP contribution >= 0.6 is 11.8 Å². The molecule has 0 saturated carbocycles. The molecular weight excluding hydrogens is 398 g/mol. The molecule has 3 aromatic rings. The number of hydrogen-bond donors (Lipinski definition) is 2. The number of aromatic nitrogens is 1. The molecule has 1 unspecified atom stereocenters. The number of thioether (sulfide) groups is 1. The van der Waals surface area contributed by atoms with Gasteiger partial charge in [-0.1, -0.05) is 31.2 Å². The van der Waals surface area contributed by atoms with Crippen molar-refractivity contribution >= 4 is 35.0 Å². The Hall–Kier alpha value is -3.32. The van der Waals surface area contributed by atoms with Crippen LogP contribution in [0.25, 0.3) is 0 Å². The maximum absolute atomic E-state index is 12.6. The highest BCUT2D eigenvalue weighted by Gasteiger charge is 2.18. The molecule has 0 radical (unpaired) electrons. The van der Waals surface area contributed by atoms with Crippen LogP contribution in [0.2, 0.25) is 0 Å². The standard InChI is InChI=1S/C23H23N3O3S/c1-2-21(23(28)26-17-11-13-24-14-12-17)30-20-10-6-7-18(15-20)25-22(27)16-29-19-8-4-3-5-9-19/h3-15,21H,2,16H2,1H3,(H,25,27)(H,24,26,28). The van der Waals surface area contributed by atoms with Gasteiger partial charge in [0.05, 0.1) is 5.25 Å². The first-order valence-corrected chi connectivity index (χ1v) is 10.5. The van der Waals surface area contributed by atoms with Gasteiger partial charge in [-0.05, 0) is 48.9 Å². The van der Waals surface area contributed by atoms with Crippen molar-refractivity contribution in [2.45, 2.75) is 23.5 Å². The average molecular weight is 422 g/mol. The Morgan fingerprint density at radius 1 is 0.967 bits per heavy atom. The number of carbonyl (C=O) groups is 2. The van der Waals surface area contributed by atoms with Crippen molar-refractivity contribution < 1.29 is 14.3 Å². The third-order valence-electron chi connectivity index (χ3n) is 4.12. The molecule has 1 atom stereocenters. The second kappa shape index (κ2) is 11.0. The van der Waals surface area contributed by atoms with E-state index in [2.05, 4.69) is 15.6 Å². The lowest BCUT2D eigenvalue weighted by atomic mass is 10.3. The maximum Gasteiger partial charge on any atom is 0.262 e. The van der Waals surface area contributed by atoms with Gasteiger partial charge in [-0.15, -0.1) is 11.8 Å². The molecule has 0 spiro atoms. The molecule has 2 N–H and O–H groups in total. The SMILES string of the molecule is CCC(Sc1cccc(NC(=O)COc2ccccc2)c1)C(=O)Nc1ccncc1. The molecule has 0 bridgehead atoms. The first-order chi connectivity index (χ1) is 14.6. The number of carbonyl (C=O) groups excluding carboxylic acids is 2. The van der Waals surface area contributed by atoms with Crippen molar-refractivity contribution in [2.24, 2.45) is 0 Å². The largest absolute Gasteiger partial charge is 0.484 e. The lowest BCUT2D eigenvalue weighted by molar-refractivity contribution is -0.118. The Kier molecular flexibility index (Phi) is 7.86. The van der Waals surface area contributed by atoms with Gasteiger partial charge >= 0.3 is 0 Å². The molecule has 1 aromatic heterocycles. The molecule has 0 aliphatic carbocycles. The van der Waals surface area contributed by atoms with E-state index in [0.29, 0.717) is 23.5 Å². The number of hydrogen-bond acceptors (Lipinski definition) is 5. The molecule has 7 heteroatoms. The lowest BCUT2D eigenvalue weighted by Crippen LogP contribution is -2.24. The molecule has 0 fully saturated rings. The Morgan fingerprint density at radius 2 is 1.73 bits per heavy atom. The minimum atomic E-state index is -0.259. The Bertz CT molecular complexity index is 968. The molecule has 1 heterocycles. The van der Waals surface area contributed by atoms with Crippen LogP contribution in [-0.2, 0) is 9.59 Å². The number of nitrogens with zero attached hydrogens (tertiary/aromatic N) is 1. The topological polar surface area (TPSA) is 80.3 Å². The Balaban J connectivity index is 1.55. The summed E-state index contributed by atoms with van der Waals surface area (Å²) in [5.41, 5.74) is 1.37. The molecule has 3 rings (SSSR count). The van der Waals surface area contributed by atoms with Gasteiger partial charge in [-0.3, -0.25) is 14.6 Å². The van der Waals surface area contributed by atoms with E-state index in [9.17, 15) is 9.59 Å². The van der Waals surface area contributed by atoms with E-state index in [1.165, 1.54) is 11.8 Å². The minimum Gasteiger partial charge on any atom is -0.484 e. The summed E-state index contributed by atoms with van der Waals surface area (Å²) < 4.78 is 5.47. The zero-order valence-electron chi connectivity index (χ0n) is 16.6. The fourth-order valence-electron chi connectivity index (χ4n) is 2.65. The summed E-state index contributed by atoms with van der Waals surface area (Å²) in [6.07, 6.45) is 3.94. The lowest BCUT2D eigenvalue weighted by Gasteiger charge is -2.15. The highest BCUT2D eigenvalue weighted by Crippen LogP contribution is 2.28. The van der Waals surface area contributed by atoms with Crippen molar-refractivity contribution in [3.63, 3.8) is 0 Å². The van der Waals surface area contributed by atoms with Gasteiger partial charge in [0.2, 0.25) is 5.91 Å². The monoisotopic (exact) mass is 421 g/mol. The van der Waals surface area contributed by atoms with Crippen molar-refractivity contribution in [1.29, 1.82) is 0 Å². The first-order valence-electron chi connectivity index (χ1n) is 9.59. The zero-order chi connectivity index (χ0) is 21.2. The molecule has 2 aromatic carbocycles. The number of pyridine rings is 1. The van der Waals surface area contributed by atoms with E-state index in [0.717, 1.165) is 4.90 Å². The summed E-state index contributed by atoms with van der Waals surface area (Å²) in [7, 11) is 0. The highest BCUT2D eigenvalue weighted by molar-refractivity contribution is 8.00. The molecule has 0 saturated heterocycles. The molecule has 154 valence electrons. The van der Waals surface area contributed by atoms with Crippen LogP contribution in [0, 0.1) is 0 Å². The number of benzene rings is 2. The van der Waals surface area contributed by atoms with E-state index in [1.807, 2.05) is 49.4 Å². The molecule has 0 aliphatic rings. The Labute approximate surface area is 180 Å². The number of para-hydroxylation sites is 1. The number of ether oxygens (including phenoxy) is 1. The smallest absolute Gasteiger partial charge is 0.262 e. The summed E-state index contributed by atoms with van der Waals surface area (Å²) in [5.74, 6) is 0.325. The highest BCUT2D eigenvalue weighted by atomic mass is 32.2. The van der Waals surface area contributed by atoms with E-state index < -0.39 is 0 Å². The normalized spacial score (nSPS) is 11.4. The second-order valence-corrected chi connectivity index (χ2v) is 7.69. The van der Waals surface area contributed by atoms with Gasteiger partial charge in [0, 0.05) is 28.7 Å². The second-order valence-electron chi connectivity index (χ2n) is 6.42. The predicted octanol–water partition coefficient (Wildman–Crippen LogP) is 4.61. The summed E-state index contributed by atoms with van der Waals surface area (Å²) in [6.45, 7) is 1.89. The van der Waals surface area contributed by atoms with Crippen LogP contribution in [0.1, 0.15) is 13.3 Å². The van der Waals surface area contributed by atoms with Crippen molar-refractivity contribution in [2.75, 3.05) is 17.2 Å². The van der Waals surface area contributed by atoms with Gasteiger partial charge in [0.1, 0.15) is 5.75 Å². The molecule has 0 aliphatic heterocycles. The molecule has 6 nitrogen and oxygen atoms in total. The third-order valence-corrected chi connectivity index (χ3v) is 5.48. The van der Waals surface area contributed by atoms with Crippen LogP contribution in [0.3, 0.4) is 0 Å². The maximum atomic E-state index is 12.6. The van der Waals surface area contributed by atoms with Crippen LogP contribution in [0.4, 0.5) is 11.4 Å². The fraction of sp³-hybridized carbons (Fsp3) is 0.174. The number of rotatable bonds is 9. The fourth-order valence-corrected chi connectivity index (χ4v) is 3.67. The first kappa shape index (κ1) is 21.4. The van der Waals surface area contributed by atoms with Gasteiger partial charge < -0.3 is 15.4 Å². The minimum absolute atomic E-state index is 0.0700. The predicted molar refractivity (Wildman–Crippen MR) is 120 cm³/mol. The van der Waals surface area contributed by atoms with Crippen LogP contribution in [-0.4, -0.2) is 28.7 Å². The molecule has 2 amide bonds. The van der Waals surface area contributed by atoms with Crippen molar-refractivity contribution in [1.82, 2.24) is 4.98 Å². The van der Waals surface area contributed by atoms with Gasteiger partial charge in [0.25, 0.3) is 5.91 Å². The molecule has 30 heavy (non-hydrogen) atoms. The quantitative estimate of drug-likeness (QED) is 0.493. The van der Waals surface area contributed by atoms with E-state index in [-0.39, 0.29) is 23.7 Å². The summed E-state index contributed by atoms with van der Waals surface area (Å²) in [4.78, 5) is 29.6. The van der Waals surface area contributed by atoms with E-state index >= 15 is 0 Å². The summed E-state index contributed by atoms with van der Waals surface area (Å²) in [6, 6.07) is 20.1.